The maximum Gasteiger partial charge on any atom is 0.319 e. The second kappa shape index (κ2) is 6.24. The van der Waals surface area contributed by atoms with Crippen LogP contribution in [0.1, 0.15) is 6.92 Å². The molecule has 1 aromatic carbocycles. The normalized spacial score (nSPS) is 11.2. The zero-order valence-electron chi connectivity index (χ0n) is 9.70. The number of benzene rings is 1. The summed E-state index contributed by atoms with van der Waals surface area (Å²) in [6, 6.07) is 4.05. The number of halogens is 2. The predicted molar refractivity (Wildman–Crippen MR) is 71.2 cm³/mol. The second-order valence-electron chi connectivity index (χ2n) is 4.08. The Morgan fingerprint density at radius 2 is 1.94 bits per heavy atom. The number of amides is 2. The van der Waals surface area contributed by atoms with Crippen LogP contribution in [0.25, 0.3) is 0 Å². The monoisotopic (exact) mass is 292 g/mol. The summed E-state index contributed by atoms with van der Waals surface area (Å²) in [5.74, 6) is 0. The fourth-order valence-corrected chi connectivity index (χ4v) is 1.49. The number of urea groups is 1. The molecule has 18 heavy (non-hydrogen) atoms. The van der Waals surface area contributed by atoms with E-state index in [4.69, 9.17) is 33.4 Å². The lowest BCUT2D eigenvalue weighted by atomic mass is 10.1. The standard InChI is InChI=1S/C11H14Cl2N2O3/c1-11(5-16,6-17)15-10(18)14-9-4-7(12)2-3-8(9)13/h2-4,16-17H,5-6H2,1H3,(H2,14,15,18). The van der Waals surface area contributed by atoms with Crippen molar-refractivity contribution in [3.63, 3.8) is 0 Å². The van der Waals surface area contributed by atoms with Gasteiger partial charge in [-0.2, -0.15) is 0 Å². The maximum atomic E-state index is 11.7. The molecule has 0 fully saturated rings. The summed E-state index contributed by atoms with van der Waals surface area (Å²) >= 11 is 11.7. The van der Waals surface area contributed by atoms with E-state index in [1.165, 1.54) is 13.0 Å². The Balaban J connectivity index is 2.73. The third-order valence-corrected chi connectivity index (χ3v) is 2.85. The van der Waals surface area contributed by atoms with E-state index in [0.29, 0.717) is 15.7 Å². The molecule has 1 rings (SSSR count). The van der Waals surface area contributed by atoms with E-state index in [2.05, 4.69) is 10.6 Å². The van der Waals surface area contributed by atoms with Crippen LogP contribution < -0.4 is 10.6 Å². The number of aliphatic hydroxyl groups is 2. The van der Waals surface area contributed by atoms with Gasteiger partial charge in [-0.1, -0.05) is 23.2 Å². The highest BCUT2D eigenvalue weighted by Crippen LogP contribution is 2.25. The molecule has 0 atom stereocenters. The molecule has 0 saturated carbocycles. The summed E-state index contributed by atoms with van der Waals surface area (Å²) in [5, 5.41) is 23.8. The molecule has 5 nitrogen and oxygen atoms in total. The van der Waals surface area contributed by atoms with Gasteiger partial charge in [0.05, 0.1) is 29.5 Å². The Kier molecular flexibility index (Phi) is 5.22. The van der Waals surface area contributed by atoms with E-state index < -0.39 is 11.6 Å². The van der Waals surface area contributed by atoms with Crippen LogP contribution in [0.3, 0.4) is 0 Å². The zero-order valence-corrected chi connectivity index (χ0v) is 11.2. The van der Waals surface area contributed by atoms with E-state index >= 15 is 0 Å². The molecular formula is C11H14Cl2N2O3. The average Bonchev–Trinajstić information content (AvgIpc) is 2.33. The van der Waals surface area contributed by atoms with Crippen LogP contribution in [-0.2, 0) is 0 Å². The molecule has 0 spiro atoms. The first-order valence-electron chi connectivity index (χ1n) is 5.16. The highest BCUT2D eigenvalue weighted by atomic mass is 35.5. The predicted octanol–water partition coefficient (Wildman–Crippen LogP) is 1.86. The first kappa shape index (κ1) is 15.0. The molecule has 0 unspecified atom stereocenters. The number of rotatable bonds is 4. The lowest BCUT2D eigenvalue weighted by molar-refractivity contribution is 0.111. The highest BCUT2D eigenvalue weighted by molar-refractivity contribution is 6.35. The highest BCUT2D eigenvalue weighted by Gasteiger charge is 2.24. The van der Waals surface area contributed by atoms with Crippen LogP contribution in [-0.4, -0.2) is 35.0 Å². The summed E-state index contributed by atoms with van der Waals surface area (Å²) in [4.78, 5) is 11.7. The third-order valence-electron chi connectivity index (χ3n) is 2.29. The summed E-state index contributed by atoms with van der Waals surface area (Å²) in [6.07, 6.45) is 0. The van der Waals surface area contributed by atoms with Crippen LogP contribution in [0.4, 0.5) is 10.5 Å². The first-order chi connectivity index (χ1) is 8.40. The summed E-state index contributed by atoms with van der Waals surface area (Å²) in [7, 11) is 0. The topological polar surface area (TPSA) is 81.6 Å². The van der Waals surface area contributed by atoms with Gasteiger partial charge in [-0.3, -0.25) is 0 Å². The lowest BCUT2D eigenvalue weighted by Crippen LogP contribution is -2.53. The Morgan fingerprint density at radius 3 is 2.50 bits per heavy atom. The molecule has 0 aromatic heterocycles. The first-order valence-corrected chi connectivity index (χ1v) is 5.92. The largest absolute Gasteiger partial charge is 0.394 e. The van der Waals surface area contributed by atoms with Crippen molar-refractivity contribution in [3.8, 4) is 0 Å². The van der Waals surface area contributed by atoms with Gasteiger partial charge in [0.25, 0.3) is 0 Å². The van der Waals surface area contributed by atoms with Gasteiger partial charge in [0, 0.05) is 5.02 Å². The molecule has 0 bridgehead atoms. The zero-order chi connectivity index (χ0) is 13.8. The fourth-order valence-electron chi connectivity index (χ4n) is 1.15. The van der Waals surface area contributed by atoms with Crippen molar-refractivity contribution in [2.45, 2.75) is 12.5 Å². The van der Waals surface area contributed by atoms with Gasteiger partial charge >= 0.3 is 6.03 Å². The van der Waals surface area contributed by atoms with E-state index in [-0.39, 0.29) is 13.2 Å². The molecule has 7 heteroatoms. The van der Waals surface area contributed by atoms with Gasteiger partial charge in [-0.25, -0.2) is 4.79 Å². The molecule has 0 heterocycles. The van der Waals surface area contributed by atoms with Crippen LogP contribution in [0, 0.1) is 0 Å². The molecule has 0 aliphatic heterocycles. The summed E-state index contributed by atoms with van der Waals surface area (Å²) in [6.45, 7) is 0.729. The van der Waals surface area contributed by atoms with Crippen molar-refractivity contribution in [2.24, 2.45) is 0 Å². The molecule has 4 N–H and O–H groups in total. The number of hydrogen-bond acceptors (Lipinski definition) is 3. The average molecular weight is 293 g/mol. The summed E-state index contributed by atoms with van der Waals surface area (Å²) in [5.41, 5.74) is -0.755. The molecule has 2 amide bonds. The Morgan fingerprint density at radius 1 is 1.33 bits per heavy atom. The number of aliphatic hydroxyl groups excluding tert-OH is 2. The quantitative estimate of drug-likeness (QED) is 0.684. The Labute approximate surface area is 115 Å². The molecule has 0 radical (unpaired) electrons. The van der Waals surface area contributed by atoms with E-state index in [1.54, 1.807) is 12.1 Å². The van der Waals surface area contributed by atoms with Gasteiger partial charge in [0.2, 0.25) is 0 Å². The number of carbonyl (C=O) groups is 1. The minimum Gasteiger partial charge on any atom is -0.394 e. The van der Waals surface area contributed by atoms with Gasteiger partial charge in [0.15, 0.2) is 0 Å². The SMILES string of the molecule is CC(CO)(CO)NC(=O)Nc1cc(Cl)ccc1Cl. The number of anilines is 1. The van der Waals surface area contributed by atoms with Gasteiger partial charge in [-0.15, -0.1) is 0 Å². The van der Waals surface area contributed by atoms with Crippen molar-refractivity contribution in [2.75, 3.05) is 18.5 Å². The number of hydrogen-bond donors (Lipinski definition) is 4. The molecular weight excluding hydrogens is 279 g/mol. The Hall–Kier alpha value is -1.01. The van der Waals surface area contributed by atoms with Gasteiger partial charge in [0.1, 0.15) is 0 Å². The van der Waals surface area contributed by atoms with Crippen molar-refractivity contribution in [3.05, 3.63) is 28.2 Å². The second-order valence-corrected chi connectivity index (χ2v) is 4.92. The lowest BCUT2D eigenvalue weighted by Gasteiger charge is -2.26. The Bertz CT molecular complexity index is 436. The van der Waals surface area contributed by atoms with Crippen LogP contribution in [0.15, 0.2) is 18.2 Å². The number of nitrogens with one attached hydrogen (secondary N) is 2. The van der Waals surface area contributed by atoms with Crippen LogP contribution in [0.2, 0.25) is 10.0 Å². The van der Waals surface area contributed by atoms with Crippen molar-refractivity contribution >= 4 is 34.9 Å². The van der Waals surface area contributed by atoms with Crippen molar-refractivity contribution in [1.82, 2.24) is 5.32 Å². The van der Waals surface area contributed by atoms with Crippen molar-refractivity contribution in [1.29, 1.82) is 0 Å². The van der Waals surface area contributed by atoms with E-state index in [9.17, 15) is 4.79 Å². The van der Waals surface area contributed by atoms with E-state index in [0.717, 1.165) is 0 Å². The van der Waals surface area contributed by atoms with Crippen molar-refractivity contribution < 1.29 is 15.0 Å². The molecule has 1 aromatic rings. The third kappa shape index (κ3) is 4.03. The number of carbonyl (C=O) groups excluding carboxylic acids is 1. The van der Waals surface area contributed by atoms with Gasteiger partial charge < -0.3 is 20.8 Å². The van der Waals surface area contributed by atoms with Crippen LogP contribution in [0.5, 0.6) is 0 Å². The maximum absolute atomic E-state index is 11.7. The molecule has 0 saturated heterocycles. The minimum atomic E-state index is -1.10. The molecule has 0 aliphatic rings. The molecule has 100 valence electrons. The fraction of sp³-hybridized carbons (Fsp3) is 0.364. The van der Waals surface area contributed by atoms with Gasteiger partial charge in [-0.05, 0) is 25.1 Å². The smallest absolute Gasteiger partial charge is 0.319 e. The van der Waals surface area contributed by atoms with Crippen LogP contribution >= 0.6 is 23.2 Å². The summed E-state index contributed by atoms with van der Waals surface area (Å²) < 4.78 is 0. The molecule has 0 aliphatic carbocycles. The minimum absolute atomic E-state index is 0.337. The van der Waals surface area contributed by atoms with E-state index in [1.807, 2.05) is 0 Å².